The Labute approximate surface area is 128 Å². The average molecular weight is 289 g/mol. The van der Waals surface area contributed by atoms with E-state index in [1.165, 1.54) is 5.69 Å². The molecule has 21 heavy (non-hydrogen) atoms. The van der Waals surface area contributed by atoms with Crippen molar-refractivity contribution in [2.45, 2.75) is 26.8 Å². The number of hydrogen-bond donors (Lipinski definition) is 1. The monoisotopic (exact) mass is 289 g/mol. The fraction of sp³-hybridized carbons (Fsp3) is 0.588. The number of carbonyl (C=O) groups is 1. The third-order valence-electron chi connectivity index (χ3n) is 4.33. The molecule has 1 amide bonds. The standard InChI is InChI=1S/C17H27N3O/c1-14(2)15(3)18-13-17(21)20-11-9-19(10-12-20)16-7-5-4-6-8-16/h4-8,14-15,18H,9-13H2,1-3H3. The zero-order valence-corrected chi connectivity index (χ0v) is 13.4. The summed E-state index contributed by atoms with van der Waals surface area (Å²) < 4.78 is 0. The van der Waals surface area contributed by atoms with Crippen LogP contribution in [0.2, 0.25) is 0 Å². The summed E-state index contributed by atoms with van der Waals surface area (Å²) >= 11 is 0. The van der Waals surface area contributed by atoms with E-state index in [4.69, 9.17) is 0 Å². The van der Waals surface area contributed by atoms with E-state index in [-0.39, 0.29) is 5.91 Å². The van der Waals surface area contributed by atoms with E-state index in [2.05, 4.69) is 55.3 Å². The lowest BCUT2D eigenvalue weighted by atomic mass is 10.1. The van der Waals surface area contributed by atoms with Gasteiger partial charge in [-0.25, -0.2) is 0 Å². The maximum Gasteiger partial charge on any atom is 0.236 e. The van der Waals surface area contributed by atoms with Gasteiger partial charge in [0.05, 0.1) is 6.54 Å². The van der Waals surface area contributed by atoms with Crippen LogP contribution in [0.15, 0.2) is 30.3 Å². The second kappa shape index (κ2) is 7.46. The summed E-state index contributed by atoms with van der Waals surface area (Å²) in [6, 6.07) is 10.8. The van der Waals surface area contributed by atoms with Crippen LogP contribution in [-0.4, -0.2) is 49.6 Å². The first-order valence-electron chi connectivity index (χ1n) is 7.89. The summed E-state index contributed by atoms with van der Waals surface area (Å²) in [6.07, 6.45) is 0. The van der Waals surface area contributed by atoms with Gasteiger partial charge in [-0.05, 0) is 25.0 Å². The Balaban J connectivity index is 1.77. The van der Waals surface area contributed by atoms with Gasteiger partial charge in [0.2, 0.25) is 5.91 Å². The summed E-state index contributed by atoms with van der Waals surface area (Å²) in [5.74, 6) is 0.767. The molecule has 0 aliphatic carbocycles. The molecule has 0 spiro atoms. The highest BCUT2D eigenvalue weighted by Gasteiger charge is 2.21. The predicted octanol–water partition coefficient (Wildman–Crippen LogP) is 1.97. The number of nitrogens with one attached hydrogen (secondary N) is 1. The molecule has 2 rings (SSSR count). The SMILES string of the molecule is CC(C)C(C)NCC(=O)N1CCN(c2ccccc2)CC1. The van der Waals surface area contributed by atoms with Crippen LogP contribution in [0.3, 0.4) is 0 Å². The van der Waals surface area contributed by atoms with Gasteiger partial charge in [0.15, 0.2) is 0 Å². The first-order chi connectivity index (χ1) is 10.1. The van der Waals surface area contributed by atoms with Gasteiger partial charge in [-0.1, -0.05) is 32.0 Å². The highest BCUT2D eigenvalue weighted by atomic mass is 16.2. The molecule has 4 nitrogen and oxygen atoms in total. The minimum Gasteiger partial charge on any atom is -0.368 e. The van der Waals surface area contributed by atoms with E-state index in [0.29, 0.717) is 18.5 Å². The fourth-order valence-electron chi connectivity index (χ4n) is 2.45. The van der Waals surface area contributed by atoms with E-state index in [1.54, 1.807) is 0 Å². The van der Waals surface area contributed by atoms with Gasteiger partial charge in [-0.3, -0.25) is 4.79 Å². The maximum atomic E-state index is 12.2. The van der Waals surface area contributed by atoms with E-state index < -0.39 is 0 Å². The minimum absolute atomic E-state index is 0.218. The number of piperazine rings is 1. The van der Waals surface area contributed by atoms with Gasteiger partial charge in [0.25, 0.3) is 0 Å². The van der Waals surface area contributed by atoms with E-state index in [0.717, 1.165) is 26.2 Å². The molecule has 1 aromatic carbocycles. The highest BCUT2D eigenvalue weighted by Crippen LogP contribution is 2.15. The van der Waals surface area contributed by atoms with Crippen molar-refractivity contribution in [3.05, 3.63) is 30.3 Å². The fourth-order valence-corrected chi connectivity index (χ4v) is 2.45. The summed E-state index contributed by atoms with van der Waals surface area (Å²) in [5, 5.41) is 3.32. The third kappa shape index (κ3) is 4.46. The number of amides is 1. The normalized spacial score (nSPS) is 17.1. The Morgan fingerprint density at radius 3 is 2.29 bits per heavy atom. The number of hydrogen-bond acceptors (Lipinski definition) is 3. The number of rotatable bonds is 5. The zero-order valence-electron chi connectivity index (χ0n) is 13.4. The van der Waals surface area contributed by atoms with Crippen molar-refractivity contribution < 1.29 is 4.79 Å². The van der Waals surface area contributed by atoms with Gasteiger partial charge in [0.1, 0.15) is 0 Å². The molecule has 1 unspecified atom stereocenters. The summed E-state index contributed by atoms with van der Waals surface area (Å²) in [4.78, 5) is 16.5. The quantitative estimate of drug-likeness (QED) is 0.900. The van der Waals surface area contributed by atoms with Gasteiger partial charge >= 0.3 is 0 Å². The number of nitrogens with zero attached hydrogens (tertiary/aromatic N) is 2. The molecule has 1 fully saturated rings. The molecule has 116 valence electrons. The molecule has 1 atom stereocenters. The Morgan fingerprint density at radius 2 is 1.71 bits per heavy atom. The van der Waals surface area contributed by atoms with Crippen LogP contribution in [0, 0.1) is 5.92 Å². The molecule has 1 aliphatic heterocycles. The van der Waals surface area contributed by atoms with Gasteiger partial charge in [0, 0.05) is 37.9 Å². The summed E-state index contributed by atoms with van der Waals surface area (Å²) in [5.41, 5.74) is 1.25. The molecule has 0 bridgehead atoms. The van der Waals surface area contributed by atoms with Crippen molar-refractivity contribution in [1.82, 2.24) is 10.2 Å². The second-order valence-electron chi connectivity index (χ2n) is 6.12. The van der Waals surface area contributed by atoms with E-state index in [1.807, 2.05) is 11.0 Å². The van der Waals surface area contributed by atoms with Crippen LogP contribution < -0.4 is 10.2 Å². The van der Waals surface area contributed by atoms with Crippen LogP contribution in [0.4, 0.5) is 5.69 Å². The molecule has 0 radical (unpaired) electrons. The Hall–Kier alpha value is -1.55. The Kier molecular flexibility index (Phi) is 5.62. The van der Waals surface area contributed by atoms with Crippen molar-refractivity contribution >= 4 is 11.6 Å². The molecule has 1 saturated heterocycles. The molecule has 0 saturated carbocycles. The summed E-state index contributed by atoms with van der Waals surface area (Å²) in [6.45, 7) is 10.4. The van der Waals surface area contributed by atoms with Gasteiger partial charge in [-0.2, -0.15) is 0 Å². The lowest BCUT2D eigenvalue weighted by Crippen LogP contribution is -2.51. The zero-order chi connectivity index (χ0) is 15.2. The number of para-hydroxylation sites is 1. The molecular weight excluding hydrogens is 262 g/mol. The smallest absolute Gasteiger partial charge is 0.236 e. The van der Waals surface area contributed by atoms with Crippen LogP contribution >= 0.6 is 0 Å². The third-order valence-corrected chi connectivity index (χ3v) is 4.33. The molecule has 1 aromatic rings. The molecule has 1 heterocycles. The number of benzene rings is 1. The van der Waals surface area contributed by atoms with Crippen molar-refractivity contribution in [1.29, 1.82) is 0 Å². The maximum absolute atomic E-state index is 12.2. The van der Waals surface area contributed by atoms with Crippen molar-refractivity contribution in [3.63, 3.8) is 0 Å². The Morgan fingerprint density at radius 1 is 1.10 bits per heavy atom. The topological polar surface area (TPSA) is 35.6 Å². The van der Waals surface area contributed by atoms with Crippen molar-refractivity contribution in [3.8, 4) is 0 Å². The average Bonchev–Trinajstić information content (AvgIpc) is 2.53. The van der Waals surface area contributed by atoms with E-state index >= 15 is 0 Å². The molecule has 1 aliphatic rings. The molecule has 4 heteroatoms. The Bertz CT molecular complexity index is 439. The molecule has 0 aromatic heterocycles. The molecule has 1 N–H and O–H groups in total. The van der Waals surface area contributed by atoms with E-state index in [9.17, 15) is 4.79 Å². The minimum atomic E-state index is 0.218. The number of carbonyl (C=O) groups excluding carboxylic acids is 1. The van der Waals surface area contributed by atoms with Gasteiger partial charge < -0.3 is 15.1 Å². The lowest BCUT2D eigenvalue weighted by Gasteiger charge is -2.36. The van der Waals surface area contributed by atoms with Crippen LogP contribution in [-0.2, 0) is 4.79 Å². The van der Waals surface area contributed by atoms with Crippen molar-refractivity contribution in [2.75, 3.05) is 37.6 Å². The highest BCUT2D eigenvalue weighted by molar-refractivity contribution is 5.78. The second-order valence-corrected chi connectivity index (χ2v) is 6.12. The lowest BCUT2D eigenvalue weighted by molar-refractivity contribution is -0.130. The molecular formula is C17H27N3O. The predicted molar refractivity (Wildman–Crippen MR) is 87.5 cm³/mol. The largest absolute Gasteiger partial charge is 0.368 e. The first kappa shape index (κ1) is 15.8. The van der Waals surface area contributed by atoms with Crippen LogP contribution in [0.25, 0.3) is 0 Å². The first-order valence-corrected chi connectivity index (χ1v) is 7.89. The van der Waals surface area contributed by atoms with Crippen LogP contribution in [0.5, 0.6) is 0 Å². The van der Waals surface area contributed by atoms with Gasteiger partial charge in [-0.15, -0.1) is 0 Å². The van der Waals surface area contributed by atoms with Crippen molar-refractivity contribution in [2.24, 2.45) is 5.92 Å². The number of anilines is 1. The van der Waals surface area contributed by atoms with Crippen LogP contribution in [0.1, 0.15) is 20.8 Å². The summed E-state index contributed by atoms with van der Waals surface area (Å²) in [7, 11) is 0.